The van der Waals surface area contributed by atoms with E-state index < -0.39 is 0 Å². The fraction of sp³-hybridized carbons (Fsp3) is 1.00. The molecule has 0 nitrogen and oxygen atoms in total. The van der Waals surface area contributed by atoms with E-state index in [1.807, 2.05) is 0 Å². The number of hydrogen-bond acceptors (Lipinski definition) is 0. The molecule has 0 aliphatic carbocycles. The van der Waals surface area contributed by atoms with E-state index >= 15 is 0 Å². The van der Waals surface area contributed by atoms with Crippen molar-refractivity contribution in [3.05, 3.63) is 0 Å². The molecule has 1 unspecified atom stereocenters. The maximum absolute atomic E-state index is 2.41. The van der Waals surface area contributed by atoms with Crippen LogP contribution in [0.15, 0.2) is 0 Å². The first-order valence-electron chi connectivity index (χ1n) is 9.68. The van der Waals surface area contributed by atoms with Crippen LogP contribution in [-0.2, 0) is 0 Å². The zero-order chi connectivity index (χ0) is 15.1. The second-order valence-electron chi connectivity index (χ2n) is 7.25. The van der Waals surface area contributed by atoms with Gasteiger partial charge in [0, 0.05) is 0 Å². The van der Waals surface area contributed by atoms with Crippen LogP contribution in [-0.4, -0.2) is 0 Å². The maximum atomic E-state index is 2.41. The molecule has 20 heavy (non-hydrogen) atoms. The van der Waals surface area contributed by atoms with E-state index in [0.29, 0.717) is 0 Å². The van der Waals surface area contributed by atoms with E-state index in [9.17, 15) is 0 Å². The van der Waals surface area contributed by atoms with Gasteiger partial charge in [-0.3, -0.25) is 0 Å². The smallest absolute Gasteiger partial charge is 0.0420 e. The number of unbranched alkanes of at least 4 members (excludes halogenated alkanes) is 12. The molecule has 0 aromatic heterocycles. The van der Waals surface area contributed by atoms with Crippen molar-refractivity contribution in [2.75, 3.05) is 0 Å². The summed E-state index contributed by atoms with van der Waals surface area (Å²) in [7, 11) is 0. The van der Waals surface area contributed by atoms with Gasteiger partial charge in [0.15, 0.2) is 0 Å². The zero-order valence-corrected chi connectivity index (χ0v) is 15.1. The standard InChI is InChI=1S/C20H42/c1-5-6-7-8-9-10-11-12-13-14-15-16-17-18-20(4)19(2)3/h19-20H,5-18H2,1-4H3. The van der Waals surface area contributed by atoms with Crippen molar-refractivity contribution in [1.82, 2.24) is 0 Å². The Labute approximate surface area is 130 Å². The Morgan fingerprint density at radius 2 is 0.850 bits per heavy atom. The van der Waals surface area contributed by atoms with E-state index in [2.05, 4.69) is 27.7 Å². The second-order valence-corrected chi connectivity index (χ2v) is 7.25. The highest BCUT2D eigenvalue weighted by atomic mass is 14.1. The summed E-state index contributed by atoms with van der Waals surface area (Å²) in [6, 6.07) is 0. The van der Waals surface area contributed by atoms with Crippen LogP contribution >= 0.6 is 0 Å². The monoisotopic (exact) mass is 282 g/mol. The number of rotatable bonds is 15. The van der Waals surface area contributed by atoms with E-state index in [1.54, 1.807) is 0 Å². The van der Waals surface area contributed by atoms with Crippen LogP contribution < -0.4 is 0 Å². The topological polar surface area (TPSA) is 0 Å². The summed E-state index contributed by atoms with van der Waals surface area (Å²) in [4.78, 5) is 0. The minimum absolute atomic E-state index is 0.868. The van der Waals surface area contributed by atoms with Gasteiger partial charge in [0.1, 0.15) is 0 Å². The van der Waals surface area contributed by atoms with Crippen molar-refractivity contribution in [2.45, 2.75) is 118 Å². The van der Waals surface area contributed by atoms with Crippen LogP contribution in [0.2, 0.25) is 0 Å². The van der Waals surface area contributed by atoms with Gasteiger partial charge in [0.05, 0.1) is 0 Å². The van der Waals surface area contributed by atoms with Gasteiger partial charge in [0.25, 0.3) is 0 Å². The molecule has 0 bridgehead atoms. The van der Waals surface area contributed by atoms with Gasteiger partial charge in [-0.15, -0.1) is 0 Å². The summed E-state index contributed by atoms with van der Waals surface area (Å²) in [5, 5.41) is 0. The Morgan fingerprint density at radius 3 is 1.20 bits per heavy atom. The van der Waals surface area contributed by atoms with Crippen molar-refractivity contribution < 1.29 is 0 Å². The lowest BCUT2D eigenvalue weighted by molar-refractivity contribution is 0.374. The highest BCUT2D eigenvalue weighted by Gasteiger charge is 2.05. The minimum atomic E-state index is 0.868. The Balaban J connectivity index is 3.03. The first-order valence-corrected chi connectivity index (χ1v) is 9.68. The summed E-state index contributed by atoms with van der Waals surface area (Å²) >= 11 is 0. The molecule has 0 saturated carbocycles. The third-order valence-electron chi connectivity index (χ3n) is 4.90. The van der Waals surface area contributed by atoms with Crippen LogP contribution in [0.1, 0.15) is 118 Å². The van der Waals surface area contributed by atoms with Crippen molar-refractivity contribution >= 4 is 0 Å². The third-order valence-corrected chi connectivity index (χ3v) is 4.90. The minimum Gasteiger partial charge on any atom is -0.0654 e. The molecule has 0 aromatic rings. The first kappa shape index (κ1) is 20.0. The molecule has 0 heterocycles. The fourth-order valence-corrected chi connectivity index (χ4v) is 2.82. The predicted octanol–water partition coefficient (Wildman–Crippen LogP) is 7.76. The summed E-state index contributed by atoms with van der Waals surface area (Å²) in [6.45, 7) is 9.41. The average molecular weight is 283 g/mol. The molecule has 0 aliphatic heterocycles. The maximum Gasteiger partial charge on any atom is -0.0420 e. The molecule has 0 saturated heterocycles. The van der Waals surface area contributed by atoms with Gasteiger partial charge in [-0.1, -0.05) is 118 Å². The molecule has 0 N–H and O–H groups in total. The lowest BCUT2D eigenvalue weighted by Gasteiger charge is -2.14. The quantitative estimate of drug-likeness (QED) is 0.269. The molecule has 0 radical (unpaired) electrons. The Hall–Kier alpha value is 0. The zero-order valence-electron chi connectivity index (χ0n) is 15.1. The Kier molecular flexibility index (Phi) is 15.4. The van der Waals surface area contributed by atoms with Crippen LogP contribution in [0.4, 0.5) is 0 Å². The molecule has 0 fully saturated rings. The summed E-state index contributed by atoms with van der Waals surface area (Å²) < 4.78 is 0. The van der Waals surface area contributed by atoms with Crippen molar-refractivity contribution in [3.8, 4) is 0 Å². The SMILES string of the molecule is CCCCCCCCCCCCCCCC(C)C(C)C. The van der Waals surface area contributed by atoms with E-state index in [-0.39, 0.29) is 0 Å². The predicted molar refractivity (Wildman–Crippen MR) is 94.3 cm³/mol. The van der Waals surface area contributed by atoms with Crippen molar-refractivity contribution in [1.29, 1.82) is 0 Å². The molecule has 0 spiro atoms. The molecule has 0 rings (SSSR count). The number of hydrogen-bond donors (Lipinski definition) is 0. The van der Waals surface area contributed by atoms with Gasteiger partial charge in [-0.2, -0.15) is 0 Å². The lowest BCUT2D eigenvalue weighted by atomic mass is 9.92. The molecular formula is C20H42. The van der Waals surface area contributed by atoms with Gasteiger partial charge < -0.3 is 0 Å². The van der Waals surface area contributed by atoms with E-state index in [0.717, 1.165) is 11.8 Å². The molecule has 0 heteroatoms. The first-order chi connectivity index (χ1) is 9.68. The highest BCUT2D eigenvalue weighted by molar-refractivity contribution is 4.57. The van der Waals surface area contributed by atoms with Crippen LogP contribution in [0.3, 0.4) is 0 Å². The van der Waals surface area contributed by atoms with Crippen LogP contribution in [0.5, 0.6) is 0 Å². The van der Waals surface area contributed by atoms with E-state index in [4.69, 9.17) is 0 Å². The molecule has 0 aromatic carbocycles. The van der Waals surface area contributed by atoms with E-state index in [1.165, 1.54) is 89.9 Å². The molecule has 122 valence electrons. The normalized spacial score (nSPS) is 13.1. The second kappa shape index (κ2) is 15.4. The molecule has 0 aliphatic rings. The van der Waals surface area contributed by atoms with Gasteiger partial charge in [-0.05, 0) is 11.8 Å². The Morgan fingerprint density at radius 1 is 0.500 bits per heavy atom. The summed E-state index contributed by atoms with van der Waals surface area (Å²) in [5.74, 6) is 1.79. The summed E-state index contributed by atoms with van der Waals surface area (Å²) in [6.07, 6.45) is 20.5. The third kappa shape index (κ3) is 14.4. The van der Waals surface area contributed by atoms with Crippen molar-refractivity contribution in [2.24, 2.45) is 11.8 Å². The van der Waals surface area contributed by atoms with Gasteiger partial charge in [0.2, 0.25) is 0 Å². The van der Waals surface area contributed by atoms with Crippen LogP contribution in [0.25, 0.3) is 0 Å². The lowest BCUT2D eigenvalue weighted by Crippen LogP contribution is -2.03. The molecule has 0 amide bonds. The Bertz CT molecular complexity index is 171. The molecule has 1 atom stereocenters. The average Bonchev–Trinajstić information content (AvgIpc) is 2.43. The van der Waals surface area contributed by atoms with Crippen molar-refractivity contribution in [3.63, 3.8) is 0 Å². The van der Waals surface area contributed by atoms with Crippen LogP contribution in [0, 0.1) is 11.8 Å². The van der Waals surface area contributed by atoms with Gasteiger partial charge in [-0.25, -0.2) is 0 Å². The largest absolute Gasteiger partial charge is 0.0654 e. The highest BCUT2D eigenvalue weighted by Crippen LogP contribution is 2.18. The molecular weight excluding hydrogens is 240 g/mol. The summed E-state index contributed by atoms with van der Waals surface area (Å²) in [5.41, 5.74) is 0. The van der Waals surface area contributed by atoms with Gasteiger partial charge >= 0.3 is 0 Å². The fourth-order valence-electron chi connectivity index (χ4n) is 2.82.